The molecule has 0 bridgehead atoms. The summed E-state index contributed by atoms with van der Waals surface area (Å²) in [4.78, 5) is 4.42. The molecule has 0 aliphatic rings. The Balaban J connectivity index is 2.58. The van der Waals surface area contributed by atoms with E-state index in [1.807, 2.05) is 25.1 Å². The van der Waals surface area contributed by atoms with Gasteiger partial charge in [-0.15, -0.1) is 0 Å². The van der Waals surface area contributed by atoms with Crippen LogP contribution in [0, 0.1) is 6.92 Å². The van der Waals surface area contributed by atoms with Crippen molar-refractivity contribution in [1.82, 2.24) is 4.98 Å². The number of aryl methyl sites for hydroxylation is 1. The first-order chi connectivity index (χ1) is 8.17. The fraction of sp³-hybridized carbons (Fsp3) is 0.250. The molecule has 1 aromatic carbocycles. The van der Waals surface area contributed by atoms with Crippen LogP contribution >= 0.6 is 11.3 Å². The van der Waals surface area contributed by atoms with Crippen LogP contribution < -0.4 is 15.2 Å². The lowest BCUT2D eigenvalue weighted by atomic mass is 10.2. The van der Waals surface area contributed by atoms with Crippen LogP contribution in [-0.2, 0) is 0 Å². The number of rotatable bonds is 3. The third kappa shape index (κ3) is 2.06. The van der Waals surface area contributed by atoms with Crippen LogP contribution in [0.3, 0.4) is 0 Å². The van der Waals surface area contributed by atoms with Crippen molar-refractivity contribution in [3.8, 4) is 22.1 Å². The molecular formula is C12H14N2O2S. The van der Waals surface area contributed by atoms with Crippen molar-refractivity contribution >= 4 is 16.3 Å². The van der Waals surface area contributed by atoms with Crippen molar-refractivity contribution in [2.45, 2.75) is 6.92 Å². The lowest BCUT2D eigenvalue weighted by Gasteiger charge is -2.10. The van der Waals surface area contributed by atoms with Crippen molar-refractivity contribution in [2.75, 3.05) is 20.0 Å². The second kappa shape index (κ2) is 4.63. The highest BCUT2D eigenvalue weighted by molar-refractivity contribution is 7.19. The molecule has 4 nitrogen and oxygen atoms in total. The maximum Gasteiger partial charge on any atom is 0.170 e. The van der Waals surface area contributed by atoms with E-state index < -0.39 is 0 Å². The summed E-state index contributed by atoms with van der Waals surface area (Å²) in [5.74, 6) is 1.38. The van der Waals surface area contributed by atoms with Crippen LogP contribution in [0.4, 0.5) is 5.00 Å². The molecule has 0 saturated carbocycles. The van der Waals surface area contributed by atoms with Crippen LogP contribution in [0.5, 0.6) is 11.5 Å². The summed E-state index contributed by atoms with van der Waals surface area (Å²) in [5, 5.41) is 1.57. The average Bonchev–Trinajstić information content (AvgIpc) is 2.68. The molecule has 2 aromatic rings. The number of nitrogens with two attached hydrogens (primary N) is 1. The van der Waals surface area contributed by atoms with Gasteiger partial charge >= 0.3 is 0 Å². The molecule has 0 amide bonds. The smallest absolute Gasteiger partial charge is 0.170 e. The van der Waals surface area contributed by atoms with Crippen molar-refractivity contribution in [1.29, 1.82) is 0 Å². The van der Waals surface area contributed by atoms with Crippen LogP contribution in [0.15, 0.2) is 18.2 Å². The number of hydrogen-bond acceptors (Lipinski definition) is 5. The van der Waals surface area contributed by atoms with Crippen LogP contribution in [0.25, 0.3) is 10.6 Å². The largest absolute Gasteiger partial charge is 0.493 e. The molecule has 1 aromatic heterocycles. The van der Waals surface area contributed by atoms with Gasteiger partial charge in [-0.05, 0) is 19.1 Å². The van der Waals surface area contributed by atoms with Crippen molar-refractivity contribution < 1.29 is 9.47 Å². The van der Waals surface area contributed by atoms with Gasteiger partial charge in [0, 0.05) is 0 Å². The van der Waals surface area contributed by atoms with Gasteiger partial charge in [-0.3, -0.25) is 0 Å². The Kier molecular flexibility index (Phi) is 3.19. The summed E-state index contributed by atoms with van der Waals surface area (Å²) >= 11 is 1.45. The number of para-hydroxylation sites is 1. The number of nitrogen functional groups attached to an aromatic ring is 1. The summed E-state index contributed by atoms with van der Waals surface area (Å²) in [5.41, 5.74) is 7.57. The predicted octanol–water partition coefficient (Wildman–Crippen LogP) is 2.72. The SMILES string of the molecule is COc1cccc(-c2nc(C)c(N)s2)c1OC. The lowest BCUT2D eigenvalue weighted by Crippen LogP contribution is -1.92. The zero-order valence-electron chi connectivity index (χ0n) is 9.98. The van der Waals surface area contributed by atoms with Gasteiger partial charge in [-0.25, -0.2) is 4.98 Å². The minimum absolute atomic E-state index is 0.684. The molecular weight excluding hydrogens is 236 g/mol. The van der Waals surface area contributed by atoms with Gasteiger partial charge in [0.05, 0.1) is 25.5 Å². The molecule has 2 N–H and O–H groups in total. The van der Waals surface area contributed by atoms with Crippen molar-refractivity contribution in [3.63, 3.8) is 0 Å². The molecule has 0 aliphatic heterocycles. The number of hydrogen-bond donors (Lipinski definition) is 1. The van der Waals surface area contributed by atoms with Gasteiger partial charge in [-0.1, -0.05) is 17.4 Å². The third-order valence-corrected chi connectivity index (χ3v) is 3.49. The Morgan fingerprint density at radius 2 is 2.00 bits per heavy atom. The number of aromatic nitrogens is 1. The molecule has 0 saturated heterocycles. The first kappa shape index (κ1) is 11.7. The maximum atomic E-state index is 5.82. The second-order valence-corrected chi connectivity index (χ2v) is 4.54. The Labute approximate surface area is 104 Å². The fourth-order valence-corrected chi connectivity index (χ4v) is 2.43. The van der Waals surface area contributed by atoms with Gasteiger partial charge in [0.1, 0.15) is 10.0 Å². The van der Waals surface area contributed by atoms with E-state index in [0.717, 1.165) is 21.3 Å². The van der Waals surface area contributed by atoms with E-state index in [0.29, 0.717) is 11.5 Å². The molecule has 2 rings (SSSR count). The van der Waals surface area contributed by atoms with Crippen molar-refractivity contribution in [3.05, 3.63) is 23.9 Å². The van der Waals surface area contributed by atoms with Gasteiger partial charge < -0.3 is 15.2 Å². The lowest BCUT2D eigenvalue weighted by molar-refractivity contribution is 0.356. The minimum Gasteiger partial charge on any atom is -0.493 e. The normalized spacial score (nSPS) is 10.3. The molecule has 0 atom stereocenters. The molecule has 0 radical (unpaired) electrons. The Hall–Kier alpha value is -1.75. The second-order valence-electron chi connectivity index (χ2n) is 3.51. The summed E-state index contributed by atoms with van der Waals surface area (Å²) < 4.78 is 10.6. The molecule has 90 valence electrons. The van der Waals surface area contributed by atoms with E-state index in [1.54, 1.807) is 14.2 Å². The van der Waals surface area contributed by atoms with Crippen LogP contribution in [-0.4, -0.2) is 19.2 Å². The maximum absolute atomic E-state index is 5.82. The van der Waals surface area contributed by atoms with E-state index in [9.17, 15) is 0 Å². The molecule has 0 unspecified atom stereocenters. The number of ether oxygens (including phenoxy) is 2. The summed E-state index contributed by atoms with van der Waals surface area (Å²) in [6.07, 6.45) is 0. The Morgan fingerprint density at radius 3 is 2.53 bits per heavy atom. The van der Waals surface area contributed by atoms with Gasteiger partial charge in [0.2, 0.25) is 0 Å². The number of anilines is 1. The number of methoxy groups -OCH3 is 2. The van der Waals surface area contributed by atoms with Gasteiger partial charge in [0.25, 0.3) is 0 Å². The monoisotopic (exact) mass is 250 g/mol. The van der Waals surface area contributed by atoms with E-state index >= 15 is 0 Å². The molecule has 1 heterocycles. The standard InChI is InChI=1S/C12H14N2O2S/c1-7-11(13)17-12(14-7)8-5-4-6-9(15-2)10(8)16-3/h4-6H,13H2,1-3H3. The van der Waals surface area contributed by atoms with E-state index in [2.05, 4.69) is 4.98 Å². The first-order valence-corrected chi connectivity index (χ1v) is 5.93. The van der Waals surface area contributed by atoms with Crippen molar-refractivity contribution in [2.24, 2.45) is 0 Å². The van der Waals surface area contributed by atoms with Gasteiger partial charge in [-0.2, -0.15) is 0 Å². The highest BCUT2D eigenvalue weighted by Gasteiger charge is 2.15. The zero-order valence-corrected chi connectivity index (χ0v) is 10.8. The average molecular weight is 250 g/mol. The summed E-state index contributed by atoms with van der Waals surface area (Å²) in [6, 6.07) is 5.70. The zero-order chi connectivity index (χ0) is 12.4. The fourth-order valence-electron chi connectivity index (χ4n) is 1.58. The molecule has 5 heteroatoms. The van der Waals surface area contributed by atoms with E-state index in [-0.39, 0.29) is 0 Å². The van der Waals surface area contributed by atoms with E-state index in [4.69, 9.17) is 15.2 Å². The first-order valence-electron chi connectivity index (χ1n) is 5.11. The Morgan fingerprint density at radius 1 is 1.24 bits per heavy atom. The Bertz CT molecular complexity index is 518. The van der Waals surface area contributed by atoms with Crippen LogP contribution in [0.2, 0.25) is 0 Å². The number of benzene rings is 1. The topological polar surface area (TPSA) is 57.4 Å². The molecule has 0 fully saturated rings. The quantitative estimate of drug-likeness (QED) is 0.910. The third-order valence-electron chi connectivity index (χ3n) is 2.47. The minimum atomic E-state index is 0.684. The number of thiazole rings is 1. The highest BCUT2D eigenvalue weighted by Crippen LogP contribution is 2.40. The summed E-state index contributed by atoms with van der Waals surface area (Å²) in [6.45, 7) is 1.89. The molecule has 17 heavy (non-hydrogen) atoms. The molecule has 0 spiro atoms. The molecule has 0 aliphatic carbocycles. The van der Waals surface area contributed by atoms with Gasteiger partial charge in [0.15, 0.2) is 11.5 Å². The van der Waals surface area contributed by atoms with E-state index in [1.165, 1.54) is 11.3 Å². The highest BCUT2D eigenvalue weighted by atomic mass is 32.1. The van der Waals surface area contributed by atoms with Crippen LogP contribution in [0.1, 0.15) is 5.69 Å². The number of nitrogens with zero attached hydrogens (tertiary/aromatic N) is 1. The predicted molar refractivity (Wildman–Crippen MR) is 69.8 cm³/mol. The summed E-state index contributed by atoms with van der Waals surface area (Å²) in [7, 11) is 3.23.